The summed E-state index contributed by atoms with van der Waals surface area (Å²) in [6.07, 6.45) is 0.913. The van der Waals surface area contributed by atoms with Crippen LogP contribution in [-0.2, 0) is 26.0 Å². The number of rotatable bonds is 6. The van der Waals surface area contributed by atoms with Gasteiger partial charge in [0.1, 0.15) is 5.78 Å². The Morgan fingerprint density at radius 1 is 1.00 bits per heavy atom. The summed E-state index contributed by atoms with van der Waals surface area (Å²) in [6.45, 7) is 1.35. The topological polar surface area (TPSA) is 104 Å². The van der Waals surface area contributed by atoms with Crippen molar-refractivity contribution >= 4 is 33.2 Å². The number of ketones is 1. The van der Waals surface area contributed by atoms with Crippen molar-refractivity contribution in [2.45, 2.75) is 24.2 Å². The third-order valence-electron chi connectivity index (χ3n) is 4.39. The zero-order valence-electron chi connectivity index (χ0n) is 14.6. The van der Waals surface area contributed by atoms with E-state index in [9.17, 15) is 18.0 Å². The molecule has 0 amide bonds. The molecule has 1 aliphatic heterocycles. The normalized spacial score (nSPS) is 14.8. The number of carboxylic acid groups (broad SMARTS) is 1. The van der Waals surface area contributed by atoms with Gasteiger partial charge in [-0.25, -0.2) is 8.42 Å². The Morgan fingerprint density at radius 2 is 1.59 bits per heavy atom. The highest BCUT2D eigenvalue weighted by atomic mass is 32.2. The summed E-state index contributed by atoms with van der Waals surface area (Å²) in [6, 6.07) is 12.8. The summed E-state index contributed by atoms with van der Waals surface area (Å²) < 4.78 is 27.5. The van der Waals surface area contributed by atoms with Crippen LogP contribution < -0.4 is 9.62 Å². The minimum atomic E-state index is -3.76. The number of piperidine rings is 1. The van der Waals surface area contributed by atoms with Crippen molar-refractivity contribution in [3.05, 3.63) is 54.1 Å². The lowest BCUT2D eigenvalue weighted by molar-refractivity contribution is -0.136. The monoisotopic (exact) mass is 388 g/mol. The molecule has 2 N–H and O–H groups in total. The first-order valence-electron chi connectivity index (χ1n) is 8.54. The van der Waals surface area contributed by atoms with Gasteiger partial charge in [-0.2, -0.15) is 0 Å². The summed E-state index contributed by atoms with van der Waals surface area (Å²) in [5, 5.41) is 8.77. The van der Waals surface area contributed by atoms with Gasteiger partial charge in [0.15, 0.2) is 0 Å². The number of carboxylic acids is 1. The zero-order chi connectivity index (χ0) is 19.4. The minimum Gasteiger partial charge on any atom is -0.481 e. The van der Waals surface area contributed by atoms with Crippen LogP contribution in [0.1, 0.15) is 18.4 Å². The number of hydrogen-bond donors (Lipinski definition) is 2. The average molecular weight is 388 g/mol. The Hall–Kier alpha value is -2.87. The molecule has 0 radical (unpaired) electrons. The number of aliphatic carboxylic acids is 1. The molecule has 1 heterocycles. The second-order valence-corrected chi connectivity index (χ2v) is 8.07. The van der Waals surface area contributed by atoms with Gasteiger partial charge >= 0.3 is 5.97 Å². The number of anilines is 2. The van der Waals surface area contributed by atoms with Crippen molar-refractivity contribution in [1.29, 1.82) is 0 Å². The van der Waals surface area contributed by atoms with Gasteiger partial charge in [-0.15, -0.1) is 0 Å². The highest BCUT2D eigenvalue weighted by molar-refractivity contribution is 7.92. The third-order valence-corrected chi connectivity index (χ3v) is 5.79. The largest absolute Gasteiger partial charge is 0.481 e. The van der Waals surface area contributed by atoms with Gasteiger partial charge in [0.2, 0.25) is 0 Å². The Labute approximate surface area is 157 Å². The molecule has 3 rings (SSSR count). The maximum absolute atomic E-state index is 12.5. The van der Waals surface area contributed by atoms with Gasteiger partial charge in [0.25, 0.3) is 10.0 Å². The van der Waals surface area contributed by atoms with E-state index in [0.29, 0.717) is 37.2 Å². The third kappa shape index (κ3) is 4.85. The highest BCUT2D eigenvalue weighted by Crippen LogP contribution is 2.23. The van der Waals surface area contributed by atoms with Gasteiger partial charge in [-0.1, -0.05) is 12.1 Å². The molecule has 0 aliphatic carbocycles. The lowest BCUT2D eigenvalue weighted by atomic mass is 10.1. The minimum absolute atomic E-state index is 0.0651. The number of nitrogens with one attached hydrogen (secondary N) is 1. The summed E-state index contributed by atoms with van der Waals surface area (Å²) >= 11 is 0. The lowest BCUT2D eigenvalue weighted by Gasteiger charge is -2.28. The van der Waals surface area contributed by atoms with Crippen molar-refractivity contribution in [2.24, 2.45) is 0 Å². The van der Waals surface area contributed by atoms with Crippen molar-refractivity contribution in [3.8, 4) is 0 Å². The second kappa shape index (κ2) is 7.79. The van der Waals surface area contributed by atoms with E-state index in [2.05, 4.69) is 9.62 Å². The summed E-state index contributed by atoms with van der Waals surface area (Å²) in [5.41, 5.74) is 1.91. The standard InChI is InChI=1S/C19H20N2O5S/c22-17-9-11-21(12-10-17)16-5-3-15(4-6-16)20-27(25,26)18-7-1-14(2-8-18)13-19(23)24/h1-8,20H,9-13H2,(H,23,24). The maximum Gasteiger partial charge on any atom is 0.307 e. The molecule has 0 spiro atoms. The van der Waals surface area contributed by atoms with Crippen LogP contribution in [0, 0.1) is 0 Å². The molecule has 0 aromatic heterocycles. The molecule has 0 atom stereocenters. The smallest absolute Gasteiger partial charge is 0.307 e. The van der Waals surface area contributed by atoms with E-state index < -0.39 is 16.0 Å². The Morgan fingerprint density at radius 3 is 2.15 bits per heavy atom. The number of carbonyl (C=O) groups is 2. The molecule has 2 aromatic carbocycles. The number of hydrogen-bond acceptors (Lipinski definition) is 5. The predicted molar refractivity (Wildman–Crippen MR) is 101 cm³/mol. The van der Waals surface area contributed by atoms with Crippen molar-refractivity contribution < 1.29 is 23.1 Å². The van der Waals surface area contributed by atoms with E-state index in [4.69, 9.17) is 5.11 Å². The molecule has 27 heavy (non-hydrogen) atoms. The van der Waals surface area contributed by atoms with Crippen molar-refractivity contribution in [1.82, 2.24) is 0 Å². The molecule has 1 aliphatic rings. The van der Waals surface area contributed by atoms with Crippen LogP contribution >= 0.6 is 0 Å². The van der Waals surface area contributed by atoms with Crippen LogP contribution in [0.4, 0.5) is 11.4 Å². The van der Waals surface area contributed by atoms with Gasteiger partial charge < -0.3 is 10.0 Å². The lowest BCUT2D eigenvalue weighted by Crippen LogP contribution is -2.33. The van der Waals surface area contributed by atoms with E-state index in [-0.39, 0.29) is 17.1 Å². The van der Waals surface area contributed by atoms with Crippen LogP contribution in [0.25, 0.3) is 0 Å². The molecule has 0 bridgehead atoms. The number of benzene rings is 2. The van der Waals surface area contributed by atoms with Gasteiger partial charge in [-0.3, -0.25) is 14.3 Å². The first kappa shape index (κ1) is 18.9. The number of nitrogens with zero attached hydrogens (tertiary/aromatic N) is 1. The quantitative estimate of drug-likeness (QED) is 0.787. The summed E-state index contributed by atoms with van der Waals surface area (Å²) in [5.74, 6) is -0.702. The van der Waals surface area contributed by atoms with E-state index in [1.165, 1.54) is 24.3 Å². The van der Waals surface area contributed by atoms with Gasteiger partial charge in [0, 0.05) is 37.3 Å². The molecule has 2 aromatic rings. The molecule has 1 saturated heterocycles. The van der Waals surface area contributed by atoms with Crippen molar-refractivity contribution in [3.63, 3.8) is 0 Å². The second-order valence-electron chi connectivity index (χ2n) is 6.39. The van der Waals surface area contributed by atoms with E-state index in [0.717, 1.165) is 5.69 Å². The van der Waals surface area contributed by atoms with E-state index in [1.54, 1.807) is 12.1 Å². The van der Waals surface area contributed by atoms with Gasteiger partial charge in [-0.05, 0) is 42.0 Å². The maximum atomic E-state index is 12.5. The fourth-order valence-corrected chi connectivity index (χ4v) is 3.99. The molecule has 142 valence electrons. The van der Waals surface area contributed by atoms with E-state index >= 15 is 0 Å². The fraction of sp³-hybridized carbons (Fsp3) is 0.263. The Kier molecular flexibility index (Phi) is 5.46. The predicted octanol–water partition coefficient (Wildman–Crippen LogP) is 2.28. The van der Waals surface area contributed by atoms with Crippen LogP contribution in [0.5, 0.6) is 0 Å². The van der Waals surface area contributed by atoms with Crippen LogP contribution in [0.15, 0.2) is 53.4 Å². The molecular weight excluding hydrogens is 368 g/mol. The fourth-order valence-electron chi connectivity index (χ4n) is 2.93. The molecule has 0 saturated carbocycles. The molecule has 1 fully saturated rings. The SMILES string of the molecule is O=C(O)Cc1ccc(S(=O)(=O)Nc2ccc(N3CCC(=O)CC3)cc2)cc1. The van der Waals surface area contributed by atoms with Crippen LogP contribution in [0.2, 0.25) is 0 Å². The van der Waals surface area contributed by atoms with Crippen LogP contribution in [-0.4, -0.2) is 38.4 Å². The summed E-state index contributed by atoms with van der Waals surface area (Å²) in [4.78, 5) is 24.2. The number of carbonyl (C=O) groups excluding carboxylic acids is 1. The number of sulfonamides is 1. The average Bonchev–Trinajstić information content (AvgIpc) is 2.63. The molecule has 7 nitrogen and oxygen atoms in total. The van der Waals surface area contributed by atoms with Crippen molar-refractivity contribution in [2.75, 3.05) is 22.7 Å². The van der Waals surface area contributed by atoms with E-state index in [1.807, 2.05) is 12.1 Å². The molecule has 0 unspecified atom stereocenters. The Bertz CT molecular complexity index is 927. The van der Waals surface area contributed by atoms with Gasteiger partial charge in [0.05, 0.1) is 11.3 Å². The Balaban J connectivity index is 1.68. The highest BCUT2D eigenvalue weighted by Gasteiger charge is 2.17. The zero-order valence-corrected chi connectivity index (χ0v) is 15.4. The molecular formula is C19H20N2O5S. The molecule has 8 heteroatoms. The first-order valence-corrected chi connectivity index (χ1v) is 10.0. The van der Waals surface area contributed by atoms with Crippen LogP contribution in [0.3, 0.4) is 0 Å². The summed E-state index contributed by atoms with van der Waals surface area (Å²) in [7, 11) is -3.76. The number of Topliss-reactive ketones (excluding diaryl/α,β-unsaturated/α-hetero) is 1. The first-order chi connectivity index (χ1) is 12.8.